The van der Waals surface area contributed by atoms with Gasteiger partial charge in [0.05, 0.1) is 47.4 Å². The van der Waals surface area contributed by atoms with Gasteiger partial charge < -0.3 is 23.9 Å². The van der Waals surface area contributed by atoms with Gasteiger partial charge in [-0.05, 0) is 55.3 Å². The minimum atomic E-state index is -0.966. The third-order valence-corrected chi connectivity index (χ3v) is 9.11. The highest BCUT2D eigenvalue weighted by Crippen LogP contribution is 2.48. The lowest BCUT2D eigenvalue weighted by Gasteiger charge is -2.39. The van der Waals surface area contributed by atoms with Gasteiger partial charge in [0.25, 0.3) is 0 Å². The number of piperidine rings is 1. The van der Waals surface area contributed by atoms with E-state index in [0.29, 0.717) is 24.8 Å². The minimum Gasteiger partial charge on any atom is -0.483 e. The standard InChI is InChI=1S/C33H31FN6O5/c1-2-33(45-31-7-9-36-29(38-31)19-44-28-6-3-20(15-35)11-25(28)34)14-23-13-22(33)16-39(23)18-30-37-26-5-4-21(32(41)42)12-27(26)40(30)17-24-8-10-43-24/h2-7,9,11-12,22-24H,1,8,10,13-14,16-19H2,(H,41,42)/t22-,23-,24+,33-/m1/s1. The van der Waals surface area contributed by atoms with Crippen LogP contribution in [0.3, 0.4) is 0 Å². The molecule has 0 spiro atoms. The highest BCUT2D eigenvalue weighted by Gasteiger charge is 2.55. The zero-order valence-corrected chi connectivity index (χ0v) is 24.4. The second-order valence-electron chi connectivity index (χ2n) is 11.8. The Bertz CT molecular complexity index is 1830. The van der Waals surface area contributed by atoms with E-state index in [2.05, 4.69) is 26.0 Å². The Morgan fingerprint density at radius 1 is 1.27 bits per heavy atom. The third kappa shape index (κ3) is 5.49. The lowest BCUT2D eigenvalue weighted by Crippen LogP contribution is -2.48. The summed E-state index contributed by atoms with van der Waals surface area (Å²) < 4.78 is 34.2. The number of hydrogen-bond acceptors (Lipinski definition) is 9. The first-order valence-electron chi connectivity index (χ1n) is 14.9. The molecule has 45 heavy (non-hydrogen) atoms. The maximum atomic E-state index is 14.2. The normalized spacial score (nSPS) is 23.9. The molecule has 2 aliphatic heterocycles. The van der Waals surface area contributed by atoms with Crippen molar-refractivity contribution in [2.75, 3.05) is 13.2 Å². The summed E-state index contributed by atoms with van der Waals surface area (Å²) in [5.74, 6) is 0.201. The summed E-state index contributed by atoms with van der Waals surface area (Å²) >= 11 is 0. The van der Waals surface area contributed by atoms with Crippen LogP contribution < -0.4 is 9.47 Å². The maximum Gasteiger partial charge on any atom is 0.335 e. The highest BCUT2D eigenvalue weighted by molar-refractivity contribution is 5.92. The van der Waals surface area contributed by atoms with Crippen LogP contribution in [0, 0.1) is 23.1 Å². The van der Waals surface area contributed by atoms with E-state index in [1.165, 1.54) is 12.1 Å². The highest BCUT2D eigenvalue weighted by atomic mass is 19.1. The first kappa shape index (κ1) is 28.9. The van der Waals surface area contributed by atoms with E-state index < -0.39 is 17.4 Å². The van der Waals surface area contributed by atoms with Gasteiger partial charge in [-0.25, -0.2) is 19.2 Å². The number of aromatic carboxylic acids is 1. The Kier molecular flexibility index (Phi) is 7.43. The monoisotopic (exact) mass is 610 g/mol. The number of carboxylic acids is 1. The van der Waals surface area contributed by atoms with Crippen molar-refractivity contribution in [1.29, 1.82) is 5.26 Å². The molecule has 2 aromatic carbocycles. The SMILES string of the molecule is C=C[C@@]1(Oc2ccnc(COc3ccc(C#N)cc3F)n2)C[C@H]2C[C@@H]1CN2Cc1nc2ccc(C(=O)O)cc2n1C[C@@H]1CCO1. The predicted octanol–water partition coefficient (Wildman–Crippen LogP) is 4.50. The molecule has 12 heteroatoms. The van der Waals surface area contributed by atoms with Crippen molar-refractivity contribution < 1.29 is 28.5 Å². The van der Waals surface area contributed by atoms with Crippen LogP contribution in [0.15, 0.2) is 61.3 Å². The van der Waals surface area contributed by atoms with E-state index in [9.17, 15) is 14.3 Å². The van der Waals surface area contributed by atoms with Crippen LogP contribution in [-0.2, 0) is 24.4 Å². The van der Waals surface area contributed by atoms with Crippen LogP contribution in [0.25, 0.3) is 11.0 Å². The molecule has 7 rings (SSSR count). The summed E-state index contributed by atoms with van der Waals surface area (Å²) in [7, 11) is 0. The van der Waals surface area contributed by atoms with Gasteiger partial charge in [0.15, 0.2) is 17.4 Å². The number of likely N-dealkylation sites (tertiary alicyclic amines) is 1. The number of nitrogens with zero attached hydrogens (tertiary/aromatic N) is 6. The van der Waals surface area contributed by atoms with Gasteiger partial charge in [0.1, 0.15) is 18.0 Å². The van der Waals surface area contributed by atoms with Crippen LogP contribution in [0.2, 0.25) is 0 Å². The van der Waals surface area contributed by atoms with Crippen molar-refractivity contribution in [3.8, 4) is 17.7 Å². The quantitative estimate of drug-likeness (QED) is 0.242. The topological polar surface area (TPSA) is 136 Å². The number of halogens is 1. The largest absolute Gasteiger partial charge is 0.483 e. The van der Waals surface area contributed by atoms with Gasteiger partial charge in [-0.1, -0.05) is 6.58 Å². The second-order valence-corrected chi connectivity index (χ2v) is 11.8. The van der Waals surface area contributed by atoms with Gasteiger partial charge in [-0.2, -0.15) is 10.2 Å². The van der Waals surface area contributed by atoms with Gasteiger partial charge in [-0.15, -0.1) is 0 Å². The van der Waals surface area contributed by atoms with Crippen LogP contribution in [-0.4, -0.2) is 66.4 Å². The van der Waals surface area contributed by atoms with Gasteiger partial charge in [0.2, 0.25) is 5.88 Å². The number of carboxylic acid groups (broad SMARTS) is 1. The molecule has 1 N–H and O–H groups in total. The fourth-order valence-corrected chi connectivity index (χ4v) is 6.67. The van der Waals surface area contributed by atoms with Crippen molar-refractivity contribution in [3.63, 3.8) is 0 Å². The molecule has 0 unspecified atom stereocenters. The molecule has 4 heterocycles. The molecule has 11 nitrogen and oxygen atoms in total. The van der Waals surface area contributed by atoms with Crippen LogP contribution in [0.1, 0.15) is 46.8 Å². The van der Waals surface area contributed by atoms with Gasteiger partial charge in [-0.3, -0.25) is 4.90 Å². The van der Waals surface area contributed by atoms with E-state index >= 15 is 0 Å². The Hall–Kier alpha value is -4.86. The fraction of sp³-hybridized carbons (Fsp3) is 0.364. The molecule has 2 bridgehead atoms. The third-order valence-electron chi connectivity index (χ3n) is 9.11. The summed E-state index contributed by atoms with van der Waals surface area (Å²) in [6.45, 7) is 6.83. The van der Waals surface area contributed by atoms with Crippen LogP contribution in [0.5, 0.6) is 11.6 Å². The van der Waals surface area contributed by atoms with Gasteiger partial charge >= 0.3 is 5.97 Å². The molecule has 230 valence electrons. The molecule has 1 aliphatic carbocycles. The molecule has 4 aromatic rings. The molecule has 2 saturated heterocycles. The Balaban J connectivity index is 1.04. The molecule has 1 saturated carbocycles. The van der Waals surface area contributed by atoms with Crippen molar-refractivity contribution in [3.05, 3.63) is 89.9 Å². The maximum absolute atomic E-state index is 14.2. The van der Waals surface area contributed by atoms with Crippen LogP contribution >= 0.6 is 0 Å². The Labute approximate surface area is 258 Å². The van der Waals surface area contributed by atoms with E-state index in [1.807, 2.05) is 12.1 Å². The number of hydrogen-bond donors (Lipinski definition) is 1. The minimum absolute atomic E-state index is 0.00995. The predicted molar refractivity (Wildman–Crippen MR) is 159 cm³/mol. The number of nitriles is 1. The van der Waals surface area contributed by atoms with Crippen molar-refractivity contribution in [2.45, 2.75) is 56.7 Å². The summed E-state index contributed by atoms with van der Waals surface area (Å²) in [5, 5.41) is 18.5. The smallest absolute Gasteiger partial charge is 0.335 e. The number of fused-ring (bicyclic) bond motifs is 3. The number of aromatic nitrogens is 4. The van der Waals surface area contributed by atoms with E-state index in [4.69, 9.17) is 24.5 Å². The average Bonchev–Trinajstić information content (AvgIpc) is 3.69. The summed E-state index contributed by atoms with van der Waals surface area (Å²) in [4.78, 5) is 27.7. The first-order valence-corrected chi connectivity index (χ1v) is 14.9. The Morgan fingerprint density at radius 3 is 2.82 bits per heavy atom. The lowest BCUT2D eigenvalue weighted by molar-refractivity contribution is -0.0593. The van der Waals surface area contributed by atoms with E-state index in [0.717, 1.165) is 55.3 Å². The molecule has 2 aromatic heterocycles. The summed E-state index contributed by atoms with van der Waals surface area (Å²) in [5.41, 5.74) is 1.41. The fourth-order valence-electron chi connectivity index (χ4n) is 6.67. The molecule has 0 amide bonds. The molecule has 0 radical (unpaired) electrons. The number of ether oxygens (including phenoxy) is 3. The molecule has 3 aliphatic rings. The lowest BCUT2D eigenvalue weighted by atomic mass is 9.89. The number of imidazole rings is 1. The number of rotatable bonds is 11. The Morgan fingerprint density at radius 2 is 2.13 bits per heavy atom. The van der Waals surface area contributed by atoms with E-state index in [-0.39, 0.29) is 41.5 Å². The van der Waals surface area contributed by atoms with Crippen molar-refractivity contribution >= 4 is 17.0 Å². The zero-order valence-electron chi connectivity index (χ0n) is 24.4. The first-order chi connectivity index (χ1) is 21.8. The molecule has 4 atom stereocenters. The van der Waals surface area contributed by atoms with Gasteiger partial charge in [0, 0.05) is 43.8 Å². The summed E-state index contributed by atoms with van der Waals surface area (Å²) in [6.07, 6.45) is 6.17. The molecular weight excluding hydrogens is 579 g/mol. The zero-order chi connectivity index (χ0) is 31.1. The summed E-state index contributed by atoms with van der Waals surface area (Å²) in [6, 6.07) is 12.9. The van der Waals surface area contributed by atoms with Crippen molar-refractivity contribution in [2.24, 2.45) is 5.92 Å². The number of carbonyl (C=O) groups is 1. The van der Waals surface area contributed by atoms with Crippen molar-refractivity contribution in [1.82, 2.24) is 24.4 Å². The van der Waals surface area contributed by atoms with E-state index in [1.54, 1.807) is 30.5 Å². The average molecular weight is 611 g/mol. The molecule has 3 fully saturated rings. The van der Waals surface area contributed by atoms with Crippen LogP contribution in [0.4, 0.5) is 4.39 Å². The second kappa shape index (κ2) is 11.6. The molecular formula is C33H31FN6O5. The number of benzene rings is 2.